The van der Waals surface area contributed by atoms with Gasteiger partial charge in [-0.1, -0.05) is 12.1 Å². The van der Waals surface area contributed by atoms with Gasteiger partial charge in [-0.3, -0.25) is 9.97 Å². The summed E-state index contributed by atoms with van der Waals surface area (Å²) in [6.45, 7) is 10.6. The zero-order valence-electron chi connectivity index (χ0n) is 21.3. The minimum absolute atomic E-state index is 0.190. The van der Waals surface area contributed by atoms with Gasteiger partial charge in [0.1, 0.15) is 5.82 Å². The Labute approximate surface area is 212 Å². The van der Waals surface area contributed by atoms with Gasteiger partial charge >= 0.3 is 0 Å². The second-order valence-corrected chi connectivity index (χ2v) is 9.70. The maximum absolute atomic E-state index is 13.6. The Kier molecular flexibility index (Phi) is 6.84. The first-order chi connectivity index (χ1) is 17.4. The first-order valence-electron chi connectivity index (χ1n) is 12.5. The average molecular weight is 482 g/mol. The third-order valence-corrected chi connectivity index (χ3v) is 7.29. The van der Waals surface area contributed by atoms with Crippen LogP contribution in [-0.2, 0) is 4.74 Å². The molecular weight excluding hydrogens is 449 g/mol. The van der Waals surface area contributed by atoms with E-state index in [4.69, 9.17) is 9.72 Å². The second-order valence-electron chi connectivity index (χ2n) is 9.70. The Morgan fingerprint density at radius 3 is 2.56 bits per heavy atom. The van der Waals surface area contributed by atoms with Crippen molar-refractivity contribution >= 4 is 16.6 Å². The molecule has 0 bridgehead atoms. The average Bonchev–Trinajstić information content (AvgIpc) is 2.85. The van der Waals surface area contributed by atoms with Gasteiger partial charge in [-0.15, -0.1) is 0 Å². The van der Waals surface area contributed by atoms with Crippen LogP contribution in [0.2, 0.25) is 0 Å². The van der Waals surface area contributed by atoms with E-state index in [9.17, 15) is 4.39 Å². The van der Waals surface area contributed by atoms with E-state index in [1.807, 2.05) is 24.4 Å². The number of allylic oxidation sites excluding steroid dienone is 1. The van der Waals surface area contributed by atoms with Gasteiger partial charge in [-0.05, 0) is 98.5 Å². The lowest BCUT2D eigenvalue weighted by Gasteiger charge is -2.34. The smallest absolute Gasteiger partial charge is 0.123 e. The number of ether oxygens (including phenoxy) is 1. The van der Waals surface area contributed by atoms with Crippen molar-refractivity contribution in [2.45, 2.75) is 33.6 Å². The molecule has 0 spiro atoms. The third-order valence-electron chi connectivity index (χ3n) is 7.29. The molecule has 0 amide bonds. The molecule has 3 heterocycles. The molecule has 4 nitrogen and oxygen atoms in total. The number of nitrogens with one attached hydrogen (secondary N) is 1. The summed E-state index contributed by atoms with van der Waals surface area (Å²) in [5.74, 6) is 0.348. The van der Waals surface area contributed by atoms with E-state index in [1.165, 1.54) is 17.7 Å². The molecule has 0 aliphatic carbocycles. The normalized spacial score (nSPS) is 15.1. The zero-order chi connectivity index (χ0) is 25.2. The highest BCUT2D eigenvalue weighted by Crippen LogP contribution is 2.33. The molecule has 1 atom stereocenters. The highest BCUT2D eigenvalue weighted by molar-refractivity contribution is 5.85. The molecule has 1 unspecified atom stereocenters. The van der Waals surface area contributed by atoms with Gasteiger partial charge in [0.25, 0.3) is 0 Å². The summed E-state index contributed by atoms with van der Waals surface area (Å²) in [5, 5.41) is 4.86. The fourth-order valence-corrected chi connectivity index (χ4v) is 4.96. The van der Waals surface area contributed by atoms with Crippen molar-refractivity contribution in [2.75, 3.05) is 19.8 Å². The van der Waals surface area contributed by atoms with E-state index in [-0.39, 0.29) is 11.7 Å². The fraction of sp³-hybridized carbons (Fsp3) is 0.290. The maximum Gasteiger partial charge on any atom is 0.123 e. The Bertz CT molecular complexity index is 1420. The van der Waals surface area contributed by atoms with E-state index in [0.29, 0.717) is 5.92 Å². The molecule has 0 saturated carbocycles. The number of pyridine rings is 2. The van der Waals surface area contributed by atoms with E-state index >= 15 is 0 Å². The van der Waals surface area contributed by atoms with Gasteiger partial charge in [0.2, 0.25) is 0 Å². The van der Waals surface area contributed by atoms with Crippen LogP contribution < -0.4 is 5.32 Å². The van der Waals surface area contributed by atoms with Crippen LogP contribution >= 0.6 is 0 Å². The second kappa shape index (κ2) is 10.2. The minimum Gasteiger partial charge on any atom is -0.384 e. The molecule has 1 aliphatic rings. The maximum atomic E-state index is 13.6. The van der Waals surface area contributed by atoms with E-state index < -0.39 is 0 Å². The van der Waals surface area contributed by atoms with Crippen LogP contribution in [0.1, 0.15) is 40.8 Å². The van der Waals surface area contributed by atoms with Crippen LogP contribution in [0.4, 0.5) is 4.39 Å². The van der Waals surface area contributed by atoms with E-state index in [1.54, 1.807) is 0 Å². The van der Waals surface area contributed by atoms with Crippen molar-refractivity contribution in [1.29, 1.82) is 0 Å². The van der Waals surface area contributed by atoms with Gasteiger partial charge < -0.3 is 10.1 Å². The van der Waals surface area contributed by atoms with Crippen LogP contribution in [0.3, 0.4) is 0 Å². The summed E-state index contributed by atoms with van der Waals surface area (Å²) in [6, 6.07) is 17.3. The SMILES string of the molecule is CC=C(NCC(c1cc(C)c(C)c(-c2ccc(F)cc2)n1)C1COC1)c1cc(C)c2ncccc2c1. The van der Waals surface area contributed by atoms with Gasteiger partial charge in [0, 0.05) is 46.9 Å². The Morgan fingerprint density at radius 1 is 1.08 bits per heavy atom. The molecule has 5 heteroatoms. The summed E-state index contributed by atoms with van der Waals surface area (Å²) >= 11 is 0. The van der Waals surface area contributed by atoms with Gasteiger partial charge in [-0.2, -0.15) is 0 Å². The monoisotopic (exact) mass is 481 g/mol. The van der Waals surface area contributed by atoms with Crippen LogP contribution in [0, 0.1) is 32.5 Å². The Hall–Kier alpha value is -3.57. The molecule has 1 N–H and O–H groups in total. The summed E-state index contributed by atoms with van der Waals surface area (Å²) in [7, 11) is 0. The lowest BCUT2D eigenvalue weighted by molar-refractivity contribution is -0.0449. The van der Waals surface area contributed by atoms with Crippen LogP contribution in [0.15, 0.2) is 66.9 Å². The van der Waals surface area contributed by atoms with Crippen molar-refractivity contribution < 1.29 is 9.13 Å². The number of aromatic nitrogens is 2. The molecule has 0 radical (unpaired) electrons. The van der Waals surface area contributed by atoms with Crippen molar-refractivity contribution in [2.24, 2.45) is 5.92 Å². The van der Waals surface area contributed by atoms with E-state index in [0.717, 1.165) is 70.0 Å². The van der Waals surface area contributed by atoms with Gasteiger partial charge in [0.05, 0.1) is 24.4 Å². The molecule has 5 rings (SSSR count). The number of fused-ring (bicyclic) bond motifs is 1. The zero-order valence-corrected chi connectivity index (χ0v) is 21.3. The van der Waals surface area contributed by atoms with Crippen LogP contribution in [-0.4, -0.2) is 29.7 Å². The van der Waals surface area contributed by atoms with Crippen molar-refractivity contribution in [3.63, 3.8) is 0 Å². The topological polar surface area (TPSA) is 47.0 Å². The fourth-order valence-electron chi connectivity index (χ4n) is 4.96. The number of hydrogen-bond donors (Lipinski definition) is 1. The number of rotatable bonds is 7. The Morgan fingerprint density at radius 2 is 1.86 bits per heavy atom. The lowest BCUT2D eigenvalue weighted by atomic mass is 9.86. The minimum atomic E-state index is -0.239. The first kappa shape index (κ1) is 24.1. The summed E-state index contributed by atoms with van der Waals surface area (Å²) in [5.41, 5.74) is 9.65. The van der Waals surface area contributed by atoms with Crippen molar-refractivity contribution in [3.05, 3.63) is 101 Å². The van der Waals surface area contributed by atoms with Crippen molar-refractivity contribution in [3.8, 4) is 11.3 Å². The summed E-state index contributed by atoms with van der Waals surface area (Å²) in [6.07, 6.45) is 3.97. The number of aryl methyl sites for hydroxylation is 2. The van der Waals surface area contributed by atoms with Gasteiger partial charge in [-0.25, -0.2) is 4.39 Å². The molecule has 2 aromatic carbocycles. The van der Waals surface area contributed by atoms with E-state index in [2.05, 4.69) is 68.3 Å². The van der Waals surface area contributed by atoms with Crippen molar-refractivity contribution in [1.82, 2.24) is 15.3 Å². The quantitative estimate of drug-likeness (QED) is 0.317. The lowest BCUT2D eigenvalue weighted by Crippen LogP contribution is -2.38. The van der Waals surface area contributed by atoms with Crippen LogP contribution in [0.25, 0.3) is 27.9 Å². The molecule has 1 aliphatic heterocycles. The third kappa shape index (κ3) is 4.76. The standard InChI is InChI=1S/C31H32FN3O/c1-5-28(24-13-20(3)30-23(15-24)7-6-12-33-30)34-16-27(25-17-36-18-25)29-14-19(2)21(4)31(35-29)22-8-10-26(32)11-9-22/h5-15,25,27,34H,16-18H2,1-4H3. The largest absolute Gasteiger partial charge is 0.384 e. The van der Waals surface area contributed by atoms with Gasteiger partial charge in [0.15, 0.2) is 0 Å². The number of nitrogens with zero attached hydrogens (tertiary/aromatic N) is 2. The molecule has 4 aromatic rings. The first-order valence-corrected chi connectivity index (χ1v) is 12.5. The highest BCUT2D eigenvalue weighted by atomic mass is 19.1. The predicted molar refractivity (Wildman–Crippen MR) is 144 cm³/mol. The molecule has 184 valence electrons. The summed E-state index contributed by atoms with van der Waals surface area (Å²) in [4.78, 5) is 9.66. The molecular formula is C31H32FN3O. The van der Waals surface area contributed by atoms with Crippen LogP contribution in [0.5, 0.6) is 0 Å². The molecule has 2 aromatic heterocycles. The molecule has 1 saturated heterocycles. The number of hydrogen-bond acceptors (Lipinski definition) is 4. The molecule has 1 fully saturated rings. The summed E-state index contributed by atoms with van der Waals surface area (Å²) < 4.78 is 19.1. The number of benzene rings is 2. The predicted octanol–water partition coefficient (Wildman–Crippen LogP) is 6.74. The Balaban J connectivity index is 1.45. The molecule has 36 heavy (non-hydrogen) atoms. The highest BCUT2D eigenvalue weighted by Gasteiger charge is 2.31. The number of halogens is 1.